The first-order chi connectivity index (χ1) is 14.0. The molecule has 0 aromatic heterocycles. The number of piperidine rings is 1. The van der Waals surface area contributed by atoms with E-state index >= 15 is 0 Å². The minimum Gasteiger partial charge on any atom is -0.353 e. The van der Waals surface area contributed by atoms with Crippen molar-refractivity contribution < 1.29 is 9.59 Å². The maximum absolute atomic E-state index is 13.3. The van der Waals surface area contributed by atoms with Crippen LogP contribution in [0.15, 0.2) is 24.3 Å². The molecule has 5 nitrogen and oxygen atoms in total. The van der Waals surface area contributed by atoms with Gasteiger partial charge in [0.2, 0.25) is 5.91 Å². The van der Waals surface area contributed by atoms with E-state index in [1.165, 1.54) is 19.3 Å². The summed E-state index contributed by atoms with van der Waals surface area (Å²) in [6.07, 6.45) is 4.72. The van der Waals surface area contributed by atoms with E-state index in [9.17, 15) is 9.59 Å². The second-order valence-corrected chi connectivity index (χ2v) is 9.92. The fraction of sp³-hybridized carbons (Fsp3) is 0.652. The van der Waals surface area contributed by atoms with E-state index < -0.39 is 0 Å². The highest BCUT2D eigenvalue weighted by atomic mass is 32.2. The summed E-state index contributed by atoms with van der Waals surface area (Å²) in [4.78, 5) is 30.6. The second kappa shape index (κ2) is 10.5. The molecule has 160 valence electrons. The summed E-state index contributed by atoms with van der Waals surface area (Å²) in [5.41, 5.74) is 1.79. The molecule has 29 heavy (non-hydrogen) atoms. The van der Waals surface area contributed by atoms with Gasteiger partial charge in [0.25, 0.3) is 5.91 Å². The van der Waals surface area contributed by atoms with Crippen LogP contribution in [0, 0.1) is 12.8 Å². The Labute approximate surface area is 179 Å². The molecule has 2 amide bonds. The van der Waals surface area contributed by atoms with Crippen LogP contribution in [0.25, 0.3) is 0 Å². The molecule has 0 aliphatic carbocycles. The van der Waals surface area contributed by atoms with Gasteiger partial charge in [-0.2, -0.15) is 0 Å². The fourth-order valence-electron chi connectivity index (χ4n) is 4.11. The minimum atomic E-state index is -0.390. The summed E-state index contributed by atoms with van der Waals surface area (Å²) >= 11 is 1.74. The molecular weight excluding hydrogens is 382 g/mol. The van der Waals surface area contributed by atoms with Crippen molar-refractivity contribution >= 4 is 23.6 Å². The highest BCUT2D eigenvalue weighted by molar-refractivity contribution is 8.00. The van der Waals surface area contributed by atoms with Crippen molar-refractivity contribution in [2.45, 2.75) is 57.9 Å². The predicted molar refractivity (Wildman–Crippen MR) is 120 cm³/mol. The summed E-state index contributed by atoms with van der Waals surface area (Å²) in [6.45, 7) is 10.2. The molecule has 2 unspecified atom stereocenters. The van der Waals surface area contributed by atoms with Gasteiger partial charge in [0.05, 0.1) is 5.37 Å². The summed E-state index contributed by atoms with van der Waals surface area (Å²) in [5.74, 6) is 1.10. The molecule has 2 atom stereocenters. The van der Waals surface area contributed by atoms with Crippen LogP contribution in [0.3, 0.4) is 0 Å². The molecule has 1 aromatic rings. The van der Waals surface area contributed by atoms with E-state index in [1.807, 2.05) is 36.1 Å². The van der Waals surface area contributed by atoms with Crippen molar-refractivity contribution in [3.05, 3.63) is 35.4 Å². The summed E-state index contributed by atoms with van der Waals surface area (Å²) in [7, 11) is 0. The first-order valence-electron chi connectivity index (χ1n) is 11.0. The third-order valence-corrected chi connectivity index (χ3v) is 7.09. The highest BCUT2D eigenvalue weighted by Crippen LogP contribution is 2.34. The van der Waals surface area contributed by atoms with Gasteiger partial charge in [-0.15, -0.1) is 11.8 Å². The van der Waals surface area contributed by atoms with Crippen LogP contribution in [0.2, 0.25) is 0 Å². The zero-order chi connectivity index (χ0) is 20.8. The van der Waals surface area contributed by atoms with E-state index in [0.717, 1.165) is 31.6 Å². The van der Waals surface area contributed by atoms with Gasteiger partial charge in [0, 0.05) is 24.4 Å². The van der Waals surface area contributed by atoms with Gasteiger partial charge >= 0.3 is 0 Å². The van der Waals surface area contributed by atoms with Crippen LogP contribution in [-0.2, 0) is 4.79 Å². The number of hydrogen-bond acceptors (Lipinski definition) is 4. The quantitative estimate of drug-likeness (QED) is 0.737. The molecule has 1 N–H and O–H groups in total. The standard InChI is InChI=1S/C23H35N3O2S/c1-17(2)15-21-26(23(28)19-9-7-18(3)8-10-19)20(16-29-21)22(27)24-11-14-25-12-5-4-6-13-25/h7-10,17,20-21H,4-6,11-16H2,1-3H3,(H,24,27). The molecule has 2 fully saturated rings. The van der Waals surface area contributed by atoms with Crippen molar-refractivity contribution in [3.8, 4) is 0 Å². The van der Waals surface area contributed by atoms with Crippen molar-refractivity contribution in [3.63, 3.8) is 0 Å². The van der Waals surface area contributed by atoms with E-state index in [4.69, 9.17) is 0 Å². The first kappa shape index (κ1) is 22.2. The second-order valence-electron chi connectivity index (χ2n) is 8.71. The summed E-state index contributed by atoms with van der Waals surface area (Å²) < 4.78 is 0. The molecule has 0 bridgehead atoms. The minimum absolute atomic E-state index is 0.0128. The number of likely N-dealkylation sites (tertiary alicyclic amines) is 1. The van der Waals surface area contributed by atoms with Crippen LogP contribution >= 0.6 is 11.8 Å². The molecule has 0 radical (unpaired) electrons. The van der Waals surface area contributed by atoms with Crippen LogP contribution in [-0.4, -0.2) is 65.0 Å². The Hall–Kier alpha value is -1.53. The van der Waals surface area contributed by atoms with Crippen LogP contribution in [0.4, 0.5) is 0 Å². The lowest BCUT2D eigenvalue weighted by molar-refractivity contribution is -0.124. The lowest BCUT2D eigenvalue weighted by Crippen LogP contribution is -2.51. The van der Waals surface area contributed by atoms with Gasteiger partial charge in [0.15, 0.2) is 0 Å². The van der Waals surface area contributed by atoms with Crippen LogP contribution < -0.4 is 5.32 Å². The molecular formula is C23H35N3O2S. The molecule has 1 aromatic carbocycles. The third kappa shape index (κ3) is 5.98. The van der Waals surface area contributed by atoms with Crippen molar-refractivity contribution in [2.24, 2.45) is 5.92 Å². The number of benzene rings is 1. The number of aryl methyl sites for hydroxylation is 1. The van der Waals surface area contributed by atoms with E-state index in [-0.39, 0.29) is 23.2 Å². The predicted octanol–water partition coefficient (Wildman–Crippen LogP) is 3.53. The van der Waals surface area contributed by atoms with Gasteiger partial charge in [-0.1, -0.05) is 38.0 Å². The van der Waals surface area contributed by atoms with Crippen molar-refractivity contribution in [1.29, 1.82) is 0 Å². The Morgan fingerprint density at radius 1 is 1.14 bits per heavy atom. The average Bonchev–Trinajstić information content (AvgIpc) is 3.11. The van der Waals surface area contributed by atoms with Crippen molar-refractivity contribution in [2.75, 3.05) is 31.9 Å². The Bertz CT molecular complexity index is 686. The van der Waals surface area contributed by atoms with Gasteiger partial charge < -0.3 is 15.1 Å². The maximum atomic E-state index is 13.3. The van der Waals surface area contributed by atoms with Crippen LogP contribution in [0.5, 0.6) is 0 Å². The normalized spacial score (nSPS) is 22.8. The highest BCUT2D eigenvalue weighted by Gasteiger charge is 2.41. The molecule has 2 heterocycles. The number of thioether (sulfide) groups is 1. The molecule has 6 heteroatoms. The van der Waals surface area contributed by atoms with E-state index in [1.54, 1.807) is 11.8 Å². The number of nitrogens with one attached hydrogen (secondary N) is 1. The lowest BCUT2D eigenvalue weighted by Gasteiger charge is -2.30. The van der Waals surface area contributed by atoms with Crippen molar-refractivity contribution in [1.82, 2.24) is 15.1 Å². The molecule has 3 rings (SSSR count). The number of carbonyl (C=O) groups is 2. The Morgan fingerprint density at radius 2 is 1.83 bits per heavy atom. The Kier molecular flexibility index (Phi) is 8.01. The number of carbonyl (C=O) groups excluding carboxylic acids is 2. The van der Waals surface area contributed by atoms with Gasteiger partial charge in [-0.3, -0.25) is 9.59 Å². The molecule has 0 saturated carbocycles. The zero-order valence-electron chi connectivity index (χ0n) is 18.0. The SMILES string of the molecule is Cc1ccc(C(=O)N2C(CC(C)C)SCC2C(=O)NCCN2CCCCC2)cc1. The summed E-state index contributed by atoms with van der Waals surface area (Å²) in [6, 6.07) is 7.28. The molecule has 2 aliphatic rings. The monoisotopic (exact) mass is 417 g/mol. The van der Waals surface area contributed by atoms with Gasteiger partial charge in [0.1, 0.15) is 6.04 Å². The zero-order valence-corrected chi connectivity index (χ0v) is 18.8. The van der Waals surface area contributed by atoms with Crippen LogP contribution in [0.1, 0.15) is 55.5 Å². The molecule has 0 spiro atoms. The topological polar surface area (TPSA) is 52.7 Å². The average molecular weight is 418 g/mol. The van der Waals surface area contributed by atoms with Gasteiger partial charge in [-0.05, 0) is 57.3 Å². The smallest absolute Gasteiger partial charge is 0.255 e. The lowest BCUT2D eigenvalue weighted by atomic mass is 10.1. The number of nitrogens with zero attached hydrogens (tertiary/aromatic N) is 2. The summed E-state index contributed by atoms with van der Waals surface area (Å²) in [5, 5.41) is 3.16. The Balaban J connectivity index is 1.65. The van der Waals surface area contributed by atoms with E-state index in [0.29, 0.717) is 23.8 Å². The first-order valence-corrected chi connectivity index (χ1v) is 12.0. The van der Waals surface area contributed by atoms with E-state index in [2.05, 4.69) is 24.1 Å². The molecule has 2 saturated heterocycles. The number of rotatable bonds is 7. The third-order valence-electron chi connectivity index (χ3n) is 5.78. The van der Waals surface area contributed by atoms with Gasteiger partial charge in [-0.25, -0.2) is 0 Å². The largest absolute Gasteiger partial charge is 0.353 e. The number of amides is 2. The Morgan fingerprint density at radius 3 is 2.48 bits per heavy atom. The number of hydrogen-bond donors (Lipinski definition) is 1. The molecule has 2 aliphatic heterocycles. The fourth-order valence-corrected chi connectivity index (χ4v) is 5.75. The maximum Gasteiger partial charge on any atom is 0.255 e.